The molecule has 1 aromatic carbocycles. The van der Waals surface area contributed by atoms with Crippen molar-refractivity contribution in [3.8, 4) is 0 Å². The van der Waals surface area contributed by atoms with Gasteiger partial charge in [-0.25, -0.2) is 8.78 Å². The number of hydrogen-bond donors (Lipinski definition) is 3. The number of benzene rings is 1. The van der Waals surface area contributed by atoms with Crippen molar-refractivity contribution in [2.75, 3.05) is 18.5 Å². The van der Waals surface area contributed by atoms with E-state index in [0.717, 1.165) is 18.2 Å². The average molecular weight is 290 g/mol. The second-order valence-corrected chi connectivity index (χ2v) is 4.40. The standard InChI is InChI=1S/C12H16F2N2O4/c1-2-12(6-17,7-18)15-10-4-3-8(16(19)20)5-9(10)11(13)14/h3-5,11,15,17-18H,2,6-7H2,1H3. The highest BCUT2D eigenvalue weighted by molar-refractivity contribution is 5.58. The Morgan fingerprint density at radius 1 is 1.40 bits per heavy atom. The number of rotatable bonds is 7. The minimum Gasteiger partial charge on any atom is -0.394 e. The fourth-order valence-electron chi connectivity index (χ4n) is 1.68. The van der Waals surface area contributed by atoms with Gasteiger partial charge >= 0.3 is 0 Å². The smallest absolute Gasteiger partial charge is 0.270 e. The second kappa shape index (κ2) is 6.58. The summed E-state index contributed by atoms with van der Waals surface area (Å²) in [5, 5.41) is 31.8. The molecule has 0 saturated heterocycles. The molecular weight excluding hydrogens is 274 g/mol. The van der Waals surface area contributed by atoms with Crippen molar-refractivity contribution in [3.63, 3.8) is 0 Å². The van der Waals surface area contributed by atoms with Crippen LogP contribution in [0.2, 0.25) is 0 Å². The number of nitro benzene ring substituents is 1. The Hall–Kier alpha value is -1.80. The molecule has 0 amide bonds. The van der Waals surface area contributed by atoms with Gasteiger partial charge in [0, 0.05) is 23.4 Å². The fraction of sp³-hybridized carbons (Fsp3) is 0.500. The van der Waals surface area contributed by atoms with Gasteiger partial charge in [-0.05, 0) is 12.5 Å². The minimum atomic E-state index is -2.91. The summed E-state index contributed by atoms with van der Waals surface area (Å²) in [5.41, 5.74) is -2.19. The first kappa shape index (κ1) is 16.3. The molecule has 0 bridgehead atoms. The van der Waals surface area contributed by atoms with Gasteiger partial charge in [0.1, 0.15) is 0 Å². The molecule has 6 nitrogen and oxygen atoms in total. The molecule has 0 radical (unpaired) electrons. The van der Waals surface area contributed by atoms with Gasteiger partial charge < -0.3 is 15.5 Å². The van der Waals surface area contributed by atoms with Crippen LogP contribution >= 0.6 is 0 Å². The molecule has 0 spiro atoms. The topological polar surface area (TPSA) is 95.6 Å². The first-order chi connectivity index (χ1) is 9.39. The number of non-ortho nitro benzene ring substituents is 1. The van der Waals surface area contributed by atoms with Crippen molar-refractivity contribution in [3.05, 3.63) is 33.9 Å². The zero-order chi connectivity index (χ0) is 15.3. The summed E-state index contributed by atoms with van der Waals surface area (Å²) >= 11 is 0. The third-order valence-electron chi connectivity index (χ3n) is 3.16. The number of anilines is 1. The fourth-order valence-corrected chi connectivity index (χ4v) is 1.68. The number of hydrogen-bond acceptors (Lipinski definition) is 5. The van der Waals surface area contributed by atoms with E-state index in [1.54, 1.807) is 6.92 Å². The molecule has 0 aliphatic heterocycles. The van der Waals surface area contributed by atoms with E-state index in [4.69, 9.17) is 0 Å². The van der Waals surface area contributed by atoms with Crippen LogP contribution in [0.3, 0.4) is 0 Å². The Labute approximate surface area is 114 Å². The van der Waals surface area contributed by atoms with Crippen LogP contribution in [0.5, 0.6) is 0 Å². The molecule has 8 heteroatoms. The van der Waals surface area contributed by atoms with Gasteiger partial charge in [-0.1, -0.05) is 6.92 Å². The van der Waals surface area contributed by atoms with E-state index in [2.05, 4.69) is 5.32 Å². The van der Waals surface area contributed by atoms with Gasteiger partial charge in [-0.2, -0.15) is 0 Å². The third-order valence-corrected chi connectivity index (χ3v) is 3.16. The van der Waals surface area contributed by atoms with Crippen LogP contribution in [0.1, 0.15) is 25.3 Å². The summed E-state index contributed by atoms with van der Waals surface area (Å²) in [7, 11) is 0. The lowest BCUT2D eigenvalue weighted by atomic mass is 9.97. The molecule has 0 heterocycles. The van der Waals surface area contributed by atoms with Crippen molar-refractivity contribution < 1.29 is 23.9 Å². The van der Waals surface area contributed by atoms with Gasteiger partial charge in [0.05, 0.1) is 23.7 Å². The van der Waals surface area contributed by atoms with E-state index >= 15 is 0 Å². The molecule has 1 aromatic rings. The van der Waals surface area contributed by atoms with Gasteiger partial charge in [0.25, 0.3) is 12.1 Å². The van der Waals surface area contributed by atoms with Crippen LogP contribution in [0.4, 0.5) is 20.2 Å². The van der Waals surface area contributed by atoms with Crippen molar-refractivity contribution in [1.29, 1.82) is 0 Å². The maximum Gasteiger partial charge on any atom is 0.270 e. The molecule has 0 aromatic heterocycles. The Kier molecular flexibility index (Phi) is 5.34. The van der Waals surface area contributed by atoms with Crippen LogP contribution in [0.25, 0.3) is 0 Å². The van der Waals surface area contributed by atoms with Crippen LogP contribution in [-0.4, -0.2) is 33.9 Å². The molecule has 0 aliphatic carbocycles. The summed E-state index contributed by atoms with van der Waals surface area (Å²) in [5.74, 6) is 0. The van der Waals surface area contributed by atoms with Gasteiger partial charge in [-0.15, -0.1) is 0 Å². The van der Waals surface area contributed by atoms with Crippen LogP contribution < -0.4 is 5.32 Å². The lowest BCUT2D eigenvalue weighted by Gasteiger charge is -2.31. The maximum absolute atomic E-state index is 13.0. The number of nitrogens with zero attached hydrogens (tertiary/aromatic N) is 1. The lowest BCUT2D eigenvalue weighted by molar-refractivity contribution is -0.385. The Bertz CT molecular complexity index is 470. The highest BCUT2D eigenvalue weighted by Crippen LogP contribution is 2.32. The predicted octanol–water partition coefficient (Wildman–Crippen LogP) is 2.08. The summed E-state index contributed by atoms with van der Waals surface area (Å²) in [4.78, 5) is 9.84. The molecule has 0 fully saturated rings. The zero-order valence-electron chi connectivity index (χ0n) is 10.8. The average Bonchev–Trinajstić information content (AvgIpc) is 2.44. The molecular formula is C12H16F2N2O4. The predicted molar refractivity (Wildman–Crippen MR) is 68.9 cm³/mol. The van der Waals surface area contributed by atoms with Crippen molar-refractivity contribution in [2.45, 2.75) is 25.3 Å². The quantitative estimate of drug-likeness (QED) is 0.528. The van der Waals surface area contributed by atoms with Crippen LogP contribution in [0.15, 0.2) is 18.2 Å². The van der Waals surface area contributed by atoms with Gasteiger partial charge in [0.15, 0.2) is 0 Å². The highest BCUT2D eigenvalue weighted by Gasteiger charge is 2.29. The number of aliphatic hydroxyl groups is 2. The molecule has 3 N–H and O–H groups in total. The number of alkyl halides is 2. The van der Waals surface area contributed by atoms with E-state index < -0.39 is 41.4 Å². The molecule has 0 aliphatic rings. The Balaban J connectivity index is 3.20. The molecule has 20 heavy (non-hydrogen) atoms. The summed E-state index contributed by atoms with van der Waals surface area (Å²) < 4.78 is 25.9. The highest BCUT2D eigenvalue weighted by atomic mass is 19.3. The summed E-state index contributed by atoms with van der Waals surface area (Å²) in [6.07, 6.45) is -2.62. The van der Waals surface area contributed by atoms with Crippen molar-refractivity contribution in [1.82, 2.24) is 0 Å². The molecule has 1 rings (SSSR count). The SMILES string of the molecule is CCC(CO)(CO)Nc1ccc([N+](=O)[O-])cc1C(F)F. The molecule has 0 atom stereocenters. The normalized spacial score (nSPS) is 11.7. The van der Waals surface area contributed by atoms with E-state index in [-0.39, 0.29) is 5.69 Å². The second-order valence-electron chi connectivity index (χ2n) is 4.40. The maximum atomic E-state index is 13.0. The minimum absolute atomic E-state index is 0.0458. The van der Waals surface area contributed by atoms with E-state index in [1.807, 2.05) is 0 Å². The lowest BCUT2D eigenvalue weighted by Crippen LogP contribution is -2.45. The monoisotopic (exact) mass is 290 g/mol. The van der Waals surface area contributed by atoms with E-state index in [9.17, 15) is 29.1 Å². The Morgan fingerprint density at radius 2 is 2.00 bits per heavy atom. The third kappa shape index (κ3) is 3.40. The van der Waals surface area contributed by atoms with Gasteiger partial charge in [0.2, 0.25) is 0 Å². The molecule has 0 saturated carbocycles. The number of halogens is 2. The van der Waals surface area contributed by atoms with Gasteiger partial charge in [-0.3, -0.25) is 10.1 Å². The van der Waals surface area contributed by atoms with E-state index in [1.165, 1.54) is 0 Å². The van der Waals surface area contributed by atoms with E-state index in [0.29, 0.717) is 6.42 Å². The van der Waals surface area contributed by atoms with Crippen LogP contribution in [0, 0.1) is 10.1 Å². The van der Waals surface area contributed by atoms with Crippen molar-refractivity contribution in [2.24, 2.45) is 0 Å². The summed E-state index contributed by atoms with van der Waals surface area (Å²) in [6.45, 7) is 0.756. The van der Waals surface area contributed by atoms with Crippen LogP contribution in [-0.2, 0) is 0 Å². The van der Waals surface area contributed by atoms with Crippen molar-refractivity contribution >= 4 is 11.4 Å². The Morgan fingerprint density at radius 3 is 2.40 bits per heavy atom. The first-order valence-electron chi connectivity index (χ1n) is 5.95. The summed E-state index contributed by atoms with van der Waals surface area (Å²) in [6, 6.07) is 3.01. The zero-order valence-corrected chi connectivity index (χ0v) is 10.8. The first-order valence-corrected chi connectivity index (χ1v) is 5.95. The molecule has 112 valence electrons. The number of nitro groups is 1. The molecule has 0 unspecified atom stereocenters. The number of nitrogens with one attached hydrogen (secondary N) is 1. The largest absolute Gasteiger partial charge is 0.394 e. The number of aliphatic hydroxyl groups excluding tert-OH is 2.